The normalized spacial score (nSPS) is 15.6. The van der Waals surface area contributed by atoms with Crippen LogP contribution in [0.1, 0.15) is 52.4 Å². The molecule has 4 heteroatoms. The van der Waals surface area contributed by atoms with Crippen LogP contribution in [0.3, 0.4) is 0 Å². The predicted octanol–water partition coefficient (Wildman–Crippen LogP) is 3.81. The van der Waals surface area contributed by atoms with E-state index in [0.717, 1.165) is 18.5 Å². The third-order valence-corrected chi connectivity index (χ3v) is 4.10. The lowest BCUT2D eigenvalue weighted by atomic mass is 10.0. The molecule has 0 bridgehead atoms. The first-order valence-electron chi connectivity index (χ1n) is 7.76. The molecule has 0 spiro atoms. The highest BCUT2D eigenvalue weighted by Crippen LogP contribution is 2.22. The Morgan fingerprint density at radius 2 is 2.00 bits per heavy atom. The van der Waals surface area contributed by atoms with Crippen LogP contribution in [0.15, 0.2) is 18.3 Å². The molecule has 2 N–H and O–H groups in total. The Labute approximate surface area is 121 Å². The summed E-state index contributed by atoms with van der Waals surface area (Å²) in [5, 5.41) is 6.38. The number of nitrogens with one attached hydrogen (secondary N) is 2. The second-order valence-corrected chi connectivity index (χ2v) is 5.56. The molecule has 0 saturated heterocycles. The zero-order chi connectivity index (χ0) is 14.4. The van der Waals surface area contributed by atoms with E-state index in [1.54, 1.807) is 6.20 Å². The molecule has 0 radical (unpaired) electrons. The van der Waals surface area contributed by atoms with Gasteiger partial charge in [0, 0.05) is 12.0 Å². The van der Waals surface area contributed by atoms with E-state index in [2.05, 4.69) is 15.6 Å². The van der Waals surface area contributed by atoms with Gasteiger partial charge in [-0.05, 0) is 37.8 Å². The van der Waals surface area contributed by atoms with Crippen LogP contribution in [-0.4, -0.2) is 16.9 Å². The second kappa shape index (κ2) is 7.27. The van der Waals surface area contributed by atoms with Gasteiger partial charge in [-0.25, -0.2) is 4.98 Å². The summed E-state index contributed by atoms with van der Waals surface area (Å²) in [5.41, 5.74) is 1.04. The summed E-state index contributed by atoms with van der Waals surface area (Å²) in [5.74, 6) is 0.783. The van der Waals surface area contributed by atoms with Crippen LogP contribution in [0, 0.1) is 5.92 Å². The number of carbonyl (C=O) groups excluding carboxylic acids is 1. The smallest absolute Gasteiger partial charge is 0.228 e. The van der Waals surface area contributed by atoms with Crippen molar-refractivity contribution in [1.82, 2.24) is 4.98 Å². The fourth-order valence-corrected chi connectivity index (χ4v) is 2.75. The number of aromatic nitrogens is 1. The second-order valence-electron chi connectivity index (χ2n) is 5.56. The van der Waals surface area contributed by atoms with E-state index < -0.39 is 0 Å². The average molecular weight is 275 g/mol. The van der Waals surface area contributed by atoms with Gasteiger partial charge in [-0.1, -0.05) is 26.7 Å². The van der Waals surface area contributed by atoms with Gasteiger partial charge in [-0.15, -0.1) is 0 Å². The maximum Gasteiger partial charge on any atom is 0.228 e. The zero-order valence-electron chi connectivity index (χ0n) is 12.5. The first-order chi connectivity index (χ1) is 9.72. The Bertz CT molecular complexity index is 420. The number of hydrogen-bond acceptors (Lipinski definition) is 3. The third-order valence-electron chi connectivity index (χ3n) is 4.10. The van der Waals surface area contributed by atoms with Crippen LogP contribution >= 0.6 is 0 Å². The summed E-state index contributed by atoms with van der Waals surface area (Å²) in [4.78, 5) is 16.3. The maximum atomic E-state index is 12.0. The van der Waals surface area contributed by atoms with Gasteiger partial charge in [-0.2, -0.15) is 0 Å². The summed E-state index contributed by atoms with van der Waals surface area (Å²) in [6.45, 7) is 4.07. The molecule has 0 aromatic carbocycles. The van der Waals surface area contributed by atoms with Crippen molar-refractivity contribution < 1.29 is 4.79 Å². The van der Waals surface area contributed by atoms with Crippen molar-refractivity contribution in [2.24, 2.45) is 5.92 Å². The van der Waals surface area contributed by atoms with Gasteiger partial charge in [0.25, 0.3) is 0 Å². The van der Waals surface area contributed by atoms with E-state index >= 15 is 0 Å². The minimum absolute atomic E-state index is 0.0685. The van der Waals surface area contributed by atoms with Crippen LogP contribution in [0.5, 0.6) is 0 Å². The molecule has 1 fully saturated rings. The van der Waals surface area contributed by atoms with Crippen LogP contribution in [-0.2, 0) is 4.79 Å². The molecule has 1 heterocycles. The summed E-state index contributed by atoms with van der Waals surface area (Å²) in [6, 6.07) is 4.45. The van der Waals surface area contributed by atoms with Crippen molar-refractivity contribution in [3.05, 3.63) is 18.3 Å². The van der Waals surface area contributed by atoms with E-state index in [4.69, 9.17) is 0 Å². The van der Waals surface area contributed by atoms with Crippen molar-refractivity contribution >= 4 is 17.4 Å². The topological polar surface area (TPSA) is 54.0 Å². The summed E-state index contributed by atoms with van der Waals surface area (Å²) in [7, 11) is 0. The first-order valence-corrected chi connectivity index (χ1v) is 7.76. The largest absolute Gasteiger partial charge is 0.381 e. The van der Waals surface area contributed by atoms with E-state index in [-0.39, 0.29) is 11.8 Å². The Hall–Kier alpha value is -1.58. The molecule has 4 nitrogen and oxygen atoms in total. The molecule has 1 aliphatic carbocycles. The number of rotatable bonds is 6. The minimum atomic E-state index is 0.0685. The van der Waals surface area contributed by atoms with Crippen LogP contribution in [0.4, 0.5) is 11.5 Å². The highest BCUT2D eigenvalue weighted by molar-refractivity contribution is 5.91. The predicted molar refractivity (Wildman–Crippen MR) is 82.8 cm³/mol. The first kappa shape index (κ1) is 14.8. The number of anilines is 2. The molecule has 0 atom stereocenters. The molecular weight excluding hydrogens is 250 g/mol. The quantitative estimate of drug-likeness (QED) is 0.830. The van der Waals surface area contributed by atoms with Crippen molar-refractivity contribution in [1.29, 1.82) is 0 Å². The number of pyridine rings is 1. The van der Waals surface area contributed by atoms with Gasteiger partial charge in [0.1, 0.15) is 5.82 Å². The fraction of sp³-hybridized carbons (Fsp3) is 0.625. The molecule has 1 aromatic heterocycles. The number of nitrogens with zero attached hydrogens (tertiary/aromatic N) is 1. The molecule has 20 heavy (non-hydrogen) atoms. The Morgan fingerprint density at radius 3 is 2.55 bits per heavy atom. The van der Waals surface area contributed by atoms with Gasteiger partial charge in [0.2, 0.25) is 5.91 Å². The van der Waals surface area contributed by atoms with E-state index in [1.165, 1.54) is 25.7 Å². The van der Waals surface area contributed by atoms with Gasteiger partial charge >= 0.3 is 0 Å². The summed E-state index contributed by atoms with van der Waals surface area (Å²) in [6.07, 6.45) is 8.65. The average Bonchev–Trinajstić information content (AvgIpc) is 2.95. The van der Waals surface area contributed by atoms with Gasteiger partial charge in [-0.3, -0.25) is 4.79 Å². The SMILES string of the molecule is CCC(CC)C(=O)Nc1ccc(NC2CCCC2)cn1. The number of carbonyl (C=O) groups is 1. The van der Waals surface area contributed by atoms with Crippen LogP contribution in [0.25, 0.3) is 0 Å². The lowest BCUT2D eigenvalue weighted by Crippen LogP contribution is -2.22. The van der Waals surface area contributed by atoms with E-state index in [0.29, 0.717) is 11.9 Å². The lowest BCUT2D eigenvalue weighted by Gasteiger charge is -2.14. The molecule has 2 rings (SSSR count). The van der Waals surface area contributed by atoms with Gasteiger partial charge in [0.15, 0.2) is 0 Å². The Morgan fingerprint density at radius 1 is 1.30 bits per heavy atom. The molecule has 0 aliphatic heterocycles. The van der Waals surface area contributed by atoms with Crippen molar-refractivity contribution in [3.63, 3.8) is 0 Å². The van der Waals surface area contributed by atoms with Gasteiger partial charge in [0.05, 0.1) is 11.9 Å². The van der Waals surface area contributed by atoms with Crippen LogP contribution in [0.2, 0.25) is 0 Å². The number of amides is 1. The standard InChI is InChI=1S/C16H25N3O/c1-3-12(4-2)16(20)19-15-10-9-14(11-17-15)18-13-7-5-6-8-13/h9-13,18H,3-8H2,1-2H3,(H,17,19,20). The Balaban J connectivity index is 1.89. The molecule has 0 unspecified atom stereocenters. The molecule has 1 saturated carbocycles. The summed E-state index contributed by atoms with van der Waals surface area (Å²) < 4.78 is 0. The summed E-state index contributed by atoms with van der Waals surface area (Å²) >= 11 is 0. The van der Waals surface area contributed by atoms with E-state index in [9.17, 15) is 4.79 Å². The molecule has 110 valence electrons. The lowest BCUT2D eigenvalue weighted by molar-refractivity contribution is -0.120. The fourth-order valence-electron chi connectivity index (χ4n) is 2.75. The highest BCUT2D eigenvalue weighted by atomic mass is 16.1. The molecule has 1 aliphatic rings. The van der Waals surface area contributed by atoms with Crippen molar-refractivity contribution in [2.45, 2.75) is 58.4 Å². The monoisotopic (exact) mass is 275 g/mol. The van der Waals surface area contributed by atoms with Gasteiger partial charge < -0.3 is 10.6 Å². The van der Waals surface area contributed by atoms with E-state index in [1.807, 2.05) is 26.0 Å². The van der Waals surface area contributed by atoms with Crippen LogP contribution < -0.4 is 10.6 Å². The Kier molecular flexibility index (Phi) is 5.39. The zero-order valence-corrected chi connectivity index (χ0v) is 12.5. The molecule has 1 aromatic rings. The van der Waals surface area contributed by atoms with Crippen molar-refractivity contribution in [3.8, 4) is 0 Å². The maximum absolute atomic E-state index is 12.0. The van der Waals surface area contributed by atoms with Crippen molar-refractivity contribution in [2.75, 3.05) is 10.6 Å². The molecular formula is C16H25N3O. The molecule has 1 amide bonds. The number of hydrogen-bond donors (Lipinski definition) is 2. The third kappa shape index (κ3) is 3.95. The highest BCUT2D eigenvalue weighted by Gasteiger charge is 2.16. The minimum Gasteiger partial charge on any atom is -0.381 e.